The highest BCUT2D eigenvalue weighted by Crippen LogP contribution is 2.44. The van der Waals surface area contributed by atoms with Gasteiger partial charge in [-0.15, -0.1) is 11.3 Å². The van der Waals surface area contributed by atoms with Crippen molar-refractivity contribution in [2.24, 2.45) is 0 Å². The summed E-state index contributed by atoms with van der Waals surface area (Å²) in [5, 5.41) is 4.51. The van der Waals surface area contributed by atoms with Crippen molar-refractivity contribution in [2.45, 2.75) is 52.1 Å². The molecule has 184 valence electrons. The predicted molar refractivity (Wildman–Crippen MR) is 146 cm³/mol. The molecule has 6 rings (SSSR count). The Kier molecular flexibility index (Phi) is 5.84. The van der Waals surface area contributed by atoms with Crippen LogP contribution in [0.25, 0.3) is 5.00 Å². The lowest BCUT2D eigenvalue weighted by molar-refractivity contribution is 0.194. The van der Waals surface area contributed by atoms with Crippen molar-refractivity contribution < 1.29 is 9.53 Å². The van der Waals surface area contributed by atoms with Crippen LogP contribution in [0.15, 0.2) is 60.8 Å². The number of amides is 2. The second-order valence-electron chi connectivity index (χ2n) is 9.85. The van der Waals surface area contributed by atoms with Crippen molar-refractivity contribution in [1.82, 2.24) is 9.47 Å². The van der Waals surface area contributed by atoms with Crippen LogP contribution in [0.4, 0.5) is 10.5 Å². The second-order valence-corrected chi connectivity index (χ2v) is 10.9. The number of aryl methyl sites for hydroxylation is 3. The fourth-order valence-electron chi connectivity index (χ4n) is 5.66. The molecule has 1 aliphatic heterocycles. The number of urea groups is 1. The van der Waals surface area contributed by atoms with Crippen LogP contribution in [0.2, 0.25) is 0 Å². The summed E-state index contributed by atoms with van der Waals surface area (Å²) in [6.07, 6.45) is 6.84. The van der Waals surface area contributed by atoms with Gasteiger partial charge in [0.15, 0.2) is 0 Å². The van der Waals surface area contributed by atoms with Gasteiger partial charge in [0, 0.05) is 22.3 Å². The van der Waals surface area contributed by atoms with Crippen LogP contribution < -0.4 is 10.1 Å². The molecule has 2 aromatic heterocycles. The van der Waals surface area contributed by atoms with Gasteiger partial charge in [-0.05, 0) is 86.6 Å². The largest absolute Gasteiger partial charge is 0.497 e. The number of aromatic nitrogens is 1. The molecule has 6 heteroatoms. The number of anilines is 1. The van der Waals surface area contributed by atoms with Gasteiger partial charge < -0.3 is 19.5 Å². The summed E-state index contributed by atoms with van der Waals surface area (Å²) in [6.45, 7) is 4.70. The molecule has 4 aromatic rings. The Labute approximate surface area is 216 Å². The number of rotatable bonds is 3. The molecule has 0 fully saturated rings. The SMILES string of the molecule is COc1ccc(C2c3cccn3-c3sc4c(c3CN2C(=O)Nc2ccc(C)cc2C)CCCC4)cc1. The summed E-state index contributed by atoms with van der Waals surface area (Å²) in [7, 11) is 1.68. The van der Waals surface area contributed by atoms with Crippen molar-refractivity contribution >= 4 is 23.1 Å². The maximum Gasteiger partial charge on any atom is 0.322 e. The van der Waals surface area contributed by atoms with E-state index in [4.69, 9.17) is 4.74 Å². The fourth-order valence-corrected chi connectivity index (χ4v) is 7.07. The van der Waals surface area contributed by atoms with E-state index in [1.165, 1.54) is 39.4 Å². The molecule has 1 unspecified atom stereocenters. The molecule has 5 nitrogen and oxygen atoms in total. The van der Waals surface area contributed by atoms with Gasteiger partial charge in [0.25, 0.3) is 0 Å². The van der Waals surface area contributed by atoms with Crippen LogP contribution in [0.3, 0.4) is 0 Å². The number of fused-ring (bicyclic) bond motifs is 5. The Morgan fingerprint density at radius 1 is 1.03 bits per heavy atom. The van der Waals surface area contributed by atoms with E-state index < -0.39 is 0 Å². The highest BCUT2D eigenvalue weighted by Gasteiger charge is 2.36. The molecule has 0 spiro atoms. The van der Waals surface area contributed by atoms with Crippen LogP contribution in [0, 0.1) is 13.8 Å². The average Bonchev–Trinajstić information content (AvgIpc) is 3.48. The molecule has 2 aromatic carbocycles. The van der Waals surface area contributed by atoms with Gasteiger partial charge in [-0.25, -0.2) is 4.79 Å². The molecule has 1 aliphatic carbocycles. The van der Waals surface area contributed by atoms with Crippen molar-refractivity contribution in [3.8, 4) is 10.8 Å². The summed E-state index contributed by atoms with van der Waals surface area (Å²) in [4.78, 5) is 17.6. The van der Waals surface area contributed by atoms with Gasteiger partial charge >= 0.3 is 6.03 Å². The first-order chi connectivity index (χ1) is 17.5. The third-order valence-corrected chi connectivity index (χ3v) is 8.83. The van der Waals surface area contributed by atoms with Crippen LogP contribution in [0.1, 0.15) is 57.3 Å². The Morgan fingerprint density at radius 3 is 2.61 bits per heavy atom. The summed E-state index contributed by atoms with van der Waals surface area (Å²) in [5.41, 5.74) is 8.04. The minimum atomic E-state index is -0.226. The minimum Gasteiger partial charge on any atom is -0.497 e. The molecule has 0 bridgehead atoms. The minimum absolute atomic E-state index is 0.0841. The number of methoxy groups -OCH3 is 1. The zero-order valence-electron chi connectivity index (χ0n) is 21.0. The monoisotopic (exact) mass is 497 g/mol. The summed E-state index contributed by atoms with van der Waals surface area (Å²) < 4.78 is 7.73. The standard InChI is InChI=1S/C30H31N3O2S/c1-19-10-15-25(20(2)17-19)31-30(34)33-18-24-23-7-4-5-9-27(23)36-29(24)32-16-6-8-26(32)28(33)21-11-13-22(35-3)14-12-21/h6,8,10-17,28H,4-5,7,9,18H2,1-3H3,(H,31,34). The highest BCUT2D eigenvalue weighted by atomic mass is 32.1. The number of hydrogen-bond acceptors (Lipinski definition) is 3. The van der Waals surface area contributed by atoms with Crippen LogP contribution in [0.5, 0.6) is 5.75 Å². The fraction of sp³-hybridized carbons (Fsp3) is 0.300. The third-order valence-electron chi connectivity index (χ3n) is 7.49. The van der Waals surface area contributed by atoms with Gasteiger partial charge in [0.1, 0.15) is 10.8 Å². The zero-order valence-corrected chi connectivity index (χ0v) is 21.8. The van der Waals surface area contributed by atoms with Gasteiger partial charge in [-0.3, -0.25) is 0 Å². The molecule has 1 atom stereocenters. The quantitative estimate of drug-likeness (QED) is 0.326. The molecule has 2 aliphatic rings. The van der Waals surface area contributed by atoms with Crippen molar-refractivity contribution in [3.05, 3.63) is 99.2 Å². The highest BCUT2D eigenvalue weighted by molar-refractivity contribution is 7.15. The lowest BCUT2D eigenvalue weighted by atomic mass is 9.95. The van der Waals surface area contributed by atoms with Gasteiger partial charge in [0.2, 0.25) is 0 Å². The molecule has 1 N–H and O–H groups in total. The van der Waals surface area contributed by atoms with E-state index in [0.717, 1.165) is 41.1 Å². The maximum atomic E-state index is 14.1. The second kappa shape index (κ2) is 9.17. The number of nitrogens with zero attached hydrogens (tertiary/aromatic N) is 2. The van der Waals surface area contributed by atoms with Crippen molar-refractivity contribution in [3.63, 3.8) is 0 Å². The smallest absolute Gasteiger partial charge is 0.322 e. The summed E-state index contributed by atoms with van der Waals surface area (Å²) in [5.74, 6) is 0.808. The lowest BCUT2D eigenvalue weighted by Crippen LogP contribution is -2.38. The molecular formula is C30H31N3O2S. The number of thiophene rings is 1. The molecule has 36 heavy (non-hydrogen) atoms. The molecule has 0 radical (unpaired) electrons. The summed E-state index contributed by atoms with van der Waals surface area (Å²) >= 11 is 1.91. The first-order valence-electron chi connectivity index (χ1n) is 12.6. The lowest BCUT2D eigenvalue weighted by Gasteiger charge is -2.31. The Bertz CT molecular complexity index is 1430. The number of carbonyl (C=O) groups is 1. The summed E-state index contributed by atoms with van der Waals surface area (Å²) in [6, 6.07) is 18.2. The number of nitrogens with one attached hydrogen (secondary N) is 1. The Morgan fingerprint density at radius 2 is 1.83 bits per heavy atom. The Balaban J connectivity index is 1.48. The van der Waals surface area contributed by atoms with E-state index in [-0.39, 0.29) is 12.1 Å². The van der Waals surface area contributed by atoms with Gasteiger partial charge in [-0.2, -0.15) is 0 Å². The van der Waals surface area contributed by atoms with E-state index >= 15 is 0 Å². The van der Waals surface area contributed by atoms with Crippen LogP contribution in [-0.2, 0) is 19.4 Å². The predicted octanol–water partition coefficient (Wildman–Crippen LogP) is 7.18. The van der Waals surface area contributed by atoms with Gasteiger partial charge in [-0.1, -0.05) is 29.8 Å². The number of benzene rings is 2. The Hall–Kier alpha value is -3.51. The van der Waals surface area contributed by atoms with Gasteiger partial charge in [0.05, 0.1) is 25.4 Å². The van der Waals surface area contributed by atoms with Crippen molar-refractivity contribution in [1.29, 1.82) is 0 Å². The topological polar surface area (TPSA) is 46.5 Å². The van der Waals surface area contributed by atoms with E-state index in [1.54, 1.807) is 7.11 Å². The number of carbonyl (C=O) groups excluding carboxylic acids is 1. The van der Waals surface area contributed by atoms with Crippen LogP contribution in [-0.4, -0.2) is 22.6 Å². The normalized spacial score (nSPS) is 16.5. The molecule has 3 heterocycles. The van der Waals surface area contributed by atoms with Crippen molar-refractivity contribution in [2.75, 3.05) is 12.4 Å². The van der Waals surface area contributed by atoms with E-state index in [1.807, 2.05) is 47.4 Å². The molecule has 0 saturated carbocycles. The zero-order chi connectivity index (χ0) is 24.8. The number of ether oxygens (including phenoxy) is 1. The molecular weight excluding hydrogens is 466 g/mol. The first kappa shape index (κ1) is 22.9. The van der Waals surface area contributed by atoms with E-state index in [0.29, 0.717) is 6.54 Å². The first-order valence-corrected chi connectivity index (χ1v) is 13.4. The molecule has 0 saturated heterocycles. The molecule has 2 amide bonds. The van der Waals surface area contributed by atoms with E-state index in [2.05, 4.69) is 53.3 Å². The van der Waals surface area contributed by atoms with E-state index in [9.17, 15) is 4.79 Å². The maximum absolute atomic E-state index is 14.1. The van der Waals surface area contributed by atoms with Crippen LogP contribution >= 0.6 is 11.3 Å². The number of hydrogen-bond donors (Lipinski definition) is 1. The average molecular weight is 498 g/mol. The third kappa shape index (κ3) is 3.90.